The number of halogens is 5. The molecule has 0 atom stereocenters. The molecule has 1 amide bonds. The second-order valence-electron chi connectivity index (χ2n) is 7.69. The standard InChI is InChI=1S/C25H18F5N5O2/c26-18-7-1-15(2-8-18)13-31-23-33-21(34-24(35-23)37-14-25(28,29)30)16-3-5-17(6-4-16)22(36)32-20-11-9-19(27)10-12-20/h1-12H,13-14H2,(H,32,36)(H,31,33,34,35). The molecule has 3 aromatic carbocycles. The minimum atomic E-state index is -4.60. The van der Waals surface area contributed by atoms with E-state index in [9.17, 15) is 26.7 Å². The smallest absolute Gasteiger partial charge is 0.422 e. The minimum Gasteiger partial charge on any atom is -0.454 e. The Bertz CT molecular complexity index is 1360. The van der Waals surface area contributed by atoms with Gasteiger partial charge in [-0.15, -0.1) is 0 Å². The molecule has 0 aliphatic heterocycles. The van der Waals surface area contributed by atoms with E-state index in [1.54, 1.807) is 0 Å². The van der Waals surface area contributed by atoms with Crippen molar-refractivity contribution in [3.8, 4) is 17.4 Å². The van der Waals surface area contributed by atoms with Crippen LogP contribution >= 0.6 is 0 Å². The van der Waals surface area contributed by atoms with Crippen molar-refractivity contribution in [2.75, 3.05) is 17.2 Å². The second-order valence-corrected chi connectivity index (χ2v) is 7.69. The van der Waals surface area contributed by atoms with Crippen LogP contribution in [0.2, 0.25) is 0 Å². The molecule has 0 aliphatic carbocycles. The summed E-state index contributed by atoms with van der Waals surface area (Å²) in [4.78, 5) is 24.5. The highest BCUT2D eigenvalue weighted by atomic mass is 19.4. The number of aromatic nitrogens is 3. The predicted molar refractivity (Wildman–Crippen MR) is 125 cm³/mol. The molecule has 4 rings (SSSR count). The van der Waals surface area contributed by atoms with Crippen LogP contribution in [0.15, 0.2) is 72.8 Å². The van der Waals surface area contributed by atoms with Gasteiger partial charge in [0.2, 0.25) is 5.95 Å². The average Bonchev–Trinajstić information content (AvgIpc) is 2.88. The number of anilines is 2. The van der Waals surface area contributed by atoms with Gasteiger partial charge in [-0.1, -0.05) is 24.3 Å². The Labute approximate surface area is 207 Å². The lowest BCUT2D eigenvalue weighted by Crippen LogP contribution is -2.20. The van der Waals surface area contributed by atoms with Crippen LogP contribution in [-0.4, -0.2) is 33.6 Å². The van der Waals surface area contributed by atoms with Gasteiger partial charge < -0.3 is 15.4 Å². The van der Waals surface area contributed by atoms with E-state index in [-0.39, 0.29) is 23.9 Å². The first-order valence-electron chi connectivity index (χ1n) is 10.8. The third-order valence-corrected chi connectivity index (χ3v) is 4.85. The summed E-state index contributed by atoms with van der Waals surface area (Å²) in [7, 11) is 0. The number of carbonyl (C=O) groups excluding carboxylic acids is 1. The fraction of sp³-hybridized carbons (Fsp3) is 0.120. The summed E-state index contributed by atoms with van der Waals surface area (Å²) in [5.41, 5.74) is 1.72. The van der Waals surface area contributed by atoms with Crippen LogP contribution in [0.5, 0.6) is 6.01 Å². The number of ether oxygens (including phenoxy) is 1. The maximum absolute atomic E-state index is 13.1. The highest BCUT2D eigenvalue weighted by Gasteiger charge is 2.29. The predicted octanol–water partition coefficient (Wildman–Crippen LogP) is 5.62. The van der Waals surface area contributed by atoms with Crippen molar-refractivity contribution >= 4 is 17.5 Å². The van der Waals surface area contributed by atoms with E-state index >= 15 is 0 Å². The summed E-state index contributed by atoms with van der Waals surface area (Å²) in [5, 5.41) is 5.47. The number of hydrogen-bond donors (Lipinski definition) is 2. The van der Waals surface area contributed by atoms with E-state index in [2.05, 4.69) is 25.6 Å². The van der Waals surface area contributed by atoms with Crippen molar-refractivity contribution < 1.29 is 31.5 Å². The van der Waals surface area contributed by atoms with Crippen molar-refractivity contribution in [2.24, 2.45) is 0 Å². The monoisotopic (exact) mass is 515 g/mol. The molecule has 0 bridgehead atoms. The number of carbonyl (C=O) groups is 1. The fourth-order valence-corrected chi connectivity index (χ4v) is 3.07. The van der Waals surface area contributed by atoms with Crippen molar-refractivity contribution in [3.63, 3.8) is 0 Å². The van der Waals surface area contributed by atoms with Crippen molar-refractivity contribution in [3.05, 3.63) is 95.6 Å². The quantitative estimate of drug-likeness (QED) is 0.296. The van der Waals surface area contributed by atoms with Gasteiger partial charge in [-0.2, -0.15) is 28.1 Å². The van der Waals surface area contributed by atoms with E-state index in [1.165, 1.54) is 72.8 Å². The highest BCUT2D eigenvalue weighted by Crippen LogP contribution is 2.22. The molecule has 0 radical (unpaired) electrons. The summed E-state index contributed by atoms with van der Waals surface area (Å²) < 4.78 is 68.9. The van der Waals surface area contributed by atoms with Gasteiger partial charge in [-0.25, -0.2) is 8.78 Å². The lowest BCUT2D eigenvalue weighted by molar-refractivity contribution is -0.154. The Hall–Kier alpha value is -4.61. The zero-order chi connectivity index (χ0) is 26.4. The number of rotatable bonds is 8. The Kier molecular flexibility index (Phi) is 7.56. The Morgan fingerprint density at radius 3 is 2.05 bits per heavy atom. The summed E-state index contributed by atoms with van der Waals surface area (Å²) in [6.07, 6.45) is -4.60. The zero-order valence-electron chi connectivity index (χ0n) is 18.9. The molecule has 1 heterocycles. The van der Waals surface area contributed by atoms with Gasteiger partial charge in [-0.05, 0) is 54.1 Å². The van der Waals surface area contributed by atoms with Crippen molar-refractivity contribution in [2.45, 2.75) is 12.7 Å². The number of nitrogens with zero attached hydrogens (tertiary/aromatic N) is 3. The van der Waals surface area contributed by atoms with E-state index in [1.807, 2.05) is 0 Å². The van der Waals surface area contributed by atoms with Crippen LogP contribution in [-0.2, 0) is 6.54 Å². The molecule has 190 valence electrons. The maximum atomic E-state index is 13.1. The number of hydrogen-bond acceptors (Lipinski definition) is 6. The van der Waals surface area contributed by atoms with Crippen molar-refractivity contribution in [1.29, 1.82) is 0 Å². The lowest BCUT2D eigenvalue weighted by atomic mass is 10.1. The lowest BCUT2D eigenvalue weighted by Gasteiger charge is -2.11. The SMILES string of the molecule is O=C(Nc1ccc(F)cc1)c1ccc(-c2nc(NCc3ccc(F)cc3)nc(OCC(F)(F)F)n2)cc1. The largest absolute Gasteiger partial charge is 0.454 e. The third kappa shape index (κ3) is 7.43. The first-order chi connectivity index (χ1) is 17.6. The molecule has 0 aliphatic rings. The van der Waals surface area contributed by atoms with Crippen LogP contribution in [0.3, 0.4) is 0 Å². The maximum Gasteiger partial charge on any atom is 0.422 e. The normalized spacial score (nSPS) is 11.2. The number of nitrogens with one attached hydrogen (secondary N) is 2. The van der Waals surface area contributed by atoms with Gasteiger partial charge in [0.15, 0.2) is 12.4 Å². The molecule has 12 heteroatoms. The molecule has 0 spiro atoms. The molecule has 1 aromatic heterocycles. The Morgan fingerprint density at radius 1 is 0.811 bits per heavy atom. The number of benzene rings is 3. The fourth-order valence-electron chi connectivity index (χ4n) is 3.07. The van der Waals surface area contributed by atoms with Gasteiger partial charge in [-0.3, -0.25) is 4.79 Å². The minimum absolute atomic E-state index is 0.000673. The first kappa shape index (κ1) is 25.5. The molecular formula is C25H18F5N5O2. The molecule has 7 nitrogen and oxygen atoms in total. The van der Waals surface area contributed by atoms with Crippen molar-refractivity contribution in [1.82, 2.24) is 15.0 Å². The molecule has 0 saturated carbocycles. The summed E-state index contributed by atoms with van der Waals surface area (Å²) >= 11 is 0. The first-order valence-corrected chi connectivity index (χ1v) is 10.8. The summed E-state index contributed by atoms with van der Waals surface area (Å²) in [6, 6.07) is 16.2. The summed E-state index contributed by atoms with van der Waals surface area (Å²) in [6.45, 7) is -1.44. The number of alkyl halides is 3. The molecule has 0 fully saturated rings. The zero-order valence-corrected chi connectivity index (χ0v) is 18.9. The Balaban J connectivity index is 1.54. The van der Waals surface area contributed by atoms with Gasteiger partial charge in [0, 0.05) is 23.4 Å². The van der Waals surface area contributed by atoms with Crippen LogP contribution in [0, 0.1) is 11.6 Å². The van der Waals surface area contributed by atoms with Gasteiger partial charge in [0.05, 0.1) is 0 Å². The molecular weight excluding hydrogens is 497 g/mol. The molecule has 37 heavy (non-hydrogen) atoms. The van der Waals surface area contributed by atoms with Crippen LogP contribution < -0.4 is 15.4 Å². The van der Waals surface area contributed by atoms with E-state index in [0.717, 1.165) is 0 Å². The van der Waals surface area contributed by atoms with E-state index in [4.69, 9.17) is 4.74 Å². The molecule has 0 saturated heterocycles. The number of amides is 1. The molecule has 2 N–H and O–H groups in total. The van der Waals surface area contributed by atoms with Gasteiger partial charge in [0.1, 0.15) is 11.6 Å². The van der Waals surface area contributed by atoms with Gasteiger partial charge in [0.25, 0.3) is 5.91 Å². The van der Waals surface area contributed by atoms with E-state index < -0.39 is 36.3 Å². The average molecular weight is 515 g/mol. The van der Waals surface area contributed by atoms with Crippen LogP contribution in [0.1, 0.15) is 15.9 Å². The third-order valence-electron chi connectivity index (χ3n) is 4.85. The van der Waals surface area contributed by atoms with Crippen LogP contribution in [0.4, 0.5) is 33.6 Å². The molecule has 4 aromatic rings. The second kappa shape index (κ2) is 11.0. The van der Waals surface area contributed by atoms with E-state index in [0.29, 0.717) is 16.8 Å². The van der Waals surface area contributed by atoms with Crippen LogP contribution in [0.25, 0.3) is 11.4 Å². The summed E-state index contributed by atoms with van der Waals surface area (Å²) in [5.74, 6) is -1.37. The van der Waals surface area contributed by atoms with Gasteiger partial charge >= 0.3 is 12.2 Å². The Morgan fingerprint density at radius 2 is 1.43 bits per heavy atom. The topological polar surface area (TPSA) is 89.0 Å². The highest BCUT2D eigenvalue weighted by molar-refractivity contribution is 6.04. The molecule has 0 unspecified atom stereocenters.